The van der Waals surface area contributed by atoms with Crippen LogP contribution in [0, 0.1) is 5.92 Å². The van der Waals surface area contributed by atoms with Crippen LogP contribution in [0.1, 0.15) is 36.0 Å². The third kappa shape index (κ3) is 3.60. The first-order chi connectivity index (χ1) is 11.2. The van der Waals surface area contributed by atoms with Crippen LogP contribution < -0.4 is 4.74 Å². The smallest absolute Gasteiger partial charge is 0.316 e. The van der Waals surface area contributed by atoms with E-state index in [0.717, 1.165) is 45.4 Å². The van der Waals surface area contributed by atoms with Crippen molar-refractivity contribution in [3.05, 3.63) is 18.0 Å². The summed E-state index contributed by atoms with van der Waals surface area (Å²) in [7, 11) is 1.49. The van der Waals surface area contributed by atoms with Gasteiger partial charge in [-0.3, -0.25) is 9.59 Å². The highest BCUT2D eigenvalue weighted by atomic mass is 16.5. The van der Waals surface area contributed by atoms with Gasteiger partial charge in [-0.2, -0.15) is 0 Å². The molecule has 2 saturated heterocycles. The minimum Gasteiger partial charge on any atom is -0.467 e. The van der Waals surface area contributed by atoms with E-state index in [1.807, 2.05) is 9.80 Å². The van der Waals surface area contributed by atoms with Crippen LogP contribution in [-0.4, -0.2) is 64.9 Å². The van der Waals surface area contributed by atoms with Crippen LogP contribution >= 0.6 is 0 Å². The first-order valence-corrected chi connectivity index (χ1v) is 8.10. The second kappa shape index (κ2) is 6.93. The summed E-state index contributed by atoms with van der Waals surface area (Å²) in [6, 6.07) is 0.260. The molecule has 2 fully saturated rings. The molecule has 2 amide bonds. The molecule has 7 nitrogen and oxygen atoms in total. The Hall–Kier alpha value is -2.18. The molecule has 0 unspecified atom stereocenters. The largest absolute Gasteiger partial charge is 0.467 e. The molecule has 0 spiro atoms. The lowest BCUT2D eigenvalue weighted by molar-refractivity contribution is -0.128. The van der Waals surface area contributed by atoms with Crippen LogP contribution in [0.2, 0.25) is 0 Å². The van der Waals surface area contributed by atoms with Crippen LogP contribution in [0.25, 0.3) is 0 Å². The first-order valence-electron chi connectivity index (χ1n) is 8.10. The number of hydrogen-bond acceptors (Lipinski definition) is 5. The molecule has 7 heteroatoms. The van der Waals surface area contributed by atoms with Crippen molar-refractivity contribution in [2.24, 2.45) is 5.92 Å². The number of nitrogens with zero attached hydrogens (tertiary/aromatic N) is 4. The summed E-state index contributed by atoms with van der Waals surface area (Å²) in [5.74, 6) is 0.732. The maximum absolute atomic E-state index is 12.4. The number of piperidine rings is 1. The molecule has 0 saturated carbocycles. The zero-order valence-electron chi connectivity index (χ0n) is 13.4. The van der Waals surface area contributed by atoms with Crippen LogP contribution in [0.5, 0.6) is 6.01 Å². The van der Waals surface area contributed by atoms with Gasteiger partial charge in [0.2, 0.25) is 5.91 Å². The molecule has 0 aliphatic carbocycles. The summed E-state index contributed by atoms with van der Waals surface area (Å²) in [5, 5.41) is 0. The molecule has 2 aliphatic rings. The molecule has 2 aliphatic heterocycles. The Morgan fingerprint density at radius 3 is 2.52 bits per heavy atom. The number of carbonyl (C=O) groups is 2. The molecule has 1 aromatic rings. The Balaban J connectivity index is 1.51. The Kier molecular flexibility index (Phi) is 4.73. The van der Waals surface area contributed by atoms with Crippen molar-refractivity contribution >= 4 is 11.8 Å². The minimum absolute atomic E-state index is 0.0386. The number of hydrogen-bond donors (Lipinski definition) is 0. The summed E-state index contributed by atoms with van der Waals surface area (Å²) in [6.45, 7) is 3.17. The molecule has 0 atom stereocenters. The van der Waals surface area contributed by atoms with Crippen LogP contribution in [0.15, 0.2) is 12.4 Å². The molecule has 124 valence electrons. The van der Waals surface area contributed by atoms with E-state index in [1.54, 1.807) is 0 Å². The third-order valence-corrected chi connectivity index (χ3v) is 4.61. The van der Waals surface area contributed by atoms with Gasteiger partial charge in [0.05, 0.1) is 12.7 Å². The molecule has 0 N–H and O–H groups in total. The Morgan fingerprint density at radius 2 is 1.96 bits per heavy atom. The highest BCUT2D eigenvalue weighted by Gasteiger charge is 2.28. The van der Waals surface area contributed by atoms with Crippen molar-refractivity contribution in [1.82, 2.24) is 19.8 Å². The molecule has 3 heterocycles. The van der Waals surface area contributed by atoms with E-state index in [2.05, 4.69) is 9.97 Å². The average molecular weight is 318 g/mol. The SMILES string of the molecule is COc1ncc(C(=O)N2CCC(CN3CCCC3=O)CC2)cn1. The fourth-order valence-electron chi connectivity index (χ4n) is 3.24. The van der Waals surface area contributed by atoms with Crippen molar-refractivity contribution in [3.63, 3.8) is 0 Å². The lowest BCUT2D eigenvalue weighted by Crippen LogP contribution is -2.42. The summed E-state index contributed by atoms with van der Waals surface area (Å²) in [6.07, 6.45) is 6.55. The van der Waals surface area contributed by atoms with Gasteiger partial charge in [-0.25, -0.2) is 9.97 Å². The lowest BCUT2D eigenvalue weighted by Gasteiger charge is -2.33. The van der Waals surface area contributed by atoms with Crippen molar-refractivity contribution < 1.29 is 14.3 Å². The minimum atomic E-state index is -0.0386. The molecular formula is C16H22N4O3. The fraction of sp³-hybridized carbons (Fsp3) is 0.625. The highest BCUT2D eigenvalue weighted by Crippen LogP contribution is 2.22. The van der Waals surface area contributed by atoms with Crippen molar-refractivity contribution in [1.29, 1.82) is 0 Å². The Morgan fingerprint density at radius 1 is 1.26 bits per heavy atom. The maximum Gasteiger partial charge on any atom is 0.316 e. The normalized spacial score (nSPS) is 19.3. The topological polar surface area (TPSA) is 75.6 Å². The van der Waals surface area contributed by atoms with E-state index in [-0.39, 0.29) is 17.8 Å². The monoisotopic (exact) mass is 318 g/mol. The van der Waals surface area contributed by atoms with Crippen LogP contribution in [0.3, 0.4) is 0 Å². The van der Waals surface area contributed by atoms with Gasteiger partial charge in [-0.05, 0) is 25.2 Å². The van der Waals surface area contributed by atoms with E-state index in [9.17, 15) is 9.59 Å². The summed E-state index contributed by atoms with van der Waals surface area (Å²) in [5.41, 5.74) is 0.485. The zero-order chi connectivity index (χ0) is 16.2. The molecule has 1 aromatic heterocycles. The van der Waals surface area contributed by atoms with Gasteiger partial charge < -0.3 is 14.5 Å². The summed E-state index contributed by atoms with van der Waals surface area (Å²) in [4.78, 5) is 35.9. The number of ether oxygens (including phenoxy) is 1. The first kappa shape index (κ1) is 15.7. The Labute approximate surface area is 135 Å². The average Bonchev–Trinajstić information content (AvgIpc) is 3.00. The van der Waals surface area contributed by atoms with Gasteiger partial charge in [0.25, 0.3) is 5.91 Å². The lowest BCUT2D eigenvalue weighted by atomic mass is 9.96. The zero-order valence-corrected chi connectivity index (χ0v) is 13.4. The Bertz CT molecular complexity index is 567. The van der Waals surface area contributed by atoms with Crippen molar-refractivity contribution in [2.45, 2.75) is 25.7 Å². The summed E-state index contributed by atoms with van der Waals surface area (Å²) >= 11 is 0. The maximum atomic E-state index is 12.4. The second-order valence-electron chi connectivity index (χ2n) is 6.14. The van der Waals surface area contributed by atoms with Crippen LogP contribution in [-0.2, 0) is 4.79 Å². The van der Waals surface area contributed by atoms with Gasteiger partial charge >= 0.3 is 6.01 Å². The molecule has 3 rings (SSSR count). The van der Waals surface area contributed by atoms with E-state index >= 15 is 0 Å². The van der Waals surface area contributed by atoms with Gasteiger partial charge in [0.15, 0.2) is 0 Å². The molecule has 23 heavy (non-hydrogen) atoms. The predicted molar refractivity (Wildman–Crippen MR) is 83.0 cm³/mol. The van der Waals surface area contributed by atoms with Gasteiger partial charge in [0.1, 0.15) is 0 Å². The third-order valence-electron chi connectivity index (χ3n) is 4.61. The van der Waals surface area contributed by atoms with Crippen LogP contribution in [0.4, 0.5) is 0 Å². The van der Waals surface area contributed by atoms with Gasteiger partial charge in [0, 0.05) is 45.0 Å². The molecule has 0 radical (unpaired) electrons. The van der Waals surface area contributed by atoms with Crippen molar-refractivity contribution in [2.75, 3.05) is 33.3 Å². The fourth-order valence-corrected chi connectivity index (χ4v) is 3.24. The number of likely N-dealkylation sites (tertiary alicyclic amines) is 2. The summed E-state index contributed by atoms with van der Waals surface area (Å²) < 4.78 is 4.90. The quantitative estimate of drug-likeness (QED) is 0.826. The number of rotatable bonds is 4. The van der Waals surface area contributed by atoms with E-state index in [0.29, 0.717) is 17.9 Å². The van der Waals surface area contributed by atoms with E-state index in [4.69, 9.17) is 4.74 Å². The molecule has 0 bridgehead atoms. The highest BCUT2D eigenvalue weighted by molar-refractivity contribution is 5.93. The number of aromatic nitrogens is 2. The number of amides is 2. The van der Waals surface area contributed by atoms with Gasteiger partial charge in [-0.1, -0.05) is 0 Å². The molecule has 0 aromatic carbocycles. The predicted octanol–water partition coefficient (Wildman–Crippen LogP) is 0.960. The van der Waals surface area contributed by atoms with Gasteiger partial charge in [-0.15, -0.1) is 0 Å². The van der Waals surface area contributed by atoms with Crippen molar-refractivity contribution in [3.8, 4) is 6.01 Å². The standard InChI is InChI=1S/C16H22N4O3/c1-23-16-17-9-13(10-18-16)15(22)19-7-4-12(5-8-19)11-20-6-2-3-14(20)21/h9-10,12H,2-8,11H2,1H3. The second-order valence-corrected chi connectivity index (χ2v) is 6.14. The number of carbonyl (C=O) groups excluding carboxylic acids is 2. The molecular weight excluding hydrogens is 296 g/mol. The van der Waals surface area contributed by atoms with E-state index < -0.39 is 0 Å². The van der Waals surface area contributed by atoms with E-state index in [1.165, 1.54) is 19.5 Å². The number of methoxy groups -OCH3 is 1.